The summed E-state index contributed by atoms with van der Waals surface area (Å²) in [5.74, 6) is 1.32. The van der Waals surface area contributed by atoms with Gasteiger partial charge in [0.05, 0.1) is 12.1 Å². The number of hydrogen-bond acceptors (Lipinski definition) is 3. The molecular formula is C13H19ClN2O. The lowest BCUT2D eigenvalue weighted by Gasteiger charge is -2.20. The van der Waals surface area contributed by atoms with Crippen molar-refractivity contribution in [2.75, 3.05) is 27.2 Å². The van der Waals surface area contributed by atoms with Crippen LogP contribution in [0.15, 0.2) is 18.2 Å². The Hall–Kier alpha value is -0.770. The molecule has 1 aromatic rings. The molecule has 1 fully saturated rings. The Labute approximate surface area is 107 Å². The molecule has 0 bridgehead atoms. The van der Waals surface area contributed by atoms with E-state index in [4.69, 9.17) is 22.1 Å². The molecule has 0 aromatic heterocycles. The lowest BCUT2D eigenvalue weighted by atomic mass is 10.00. The number of likely N-dealkylation sites (tertiary alicyclic amines) is 1. The van der Waals surface area contributed by atoms with Gasteiger partial charge in [0.1, 0.15) is 5.75 Å². The summed E-state index contributed by atoms with van der Waals surface area (Å²) in [5.41, 5.74) is 6.98. The van der Waals surface area contributed by atoms with E-state index in [1.54, 1.807) is 7.11 Å². The minimum atomic E-state index is 0.423. The minimum absolute atomic E-state index is 0.423. The van der Waals surface area contributed by atoms with Gasteiger partial charge >= 0.3 is 0 Å². The molecule has 2 N–H and O–H groups in total. The largest absolute Gasteiger partial charge is 0.495 e. The van der Waals surface area contributed by atoms with Crippen LogP contribution in [-0.4, -0.2) is 32.1 Å². The third-order valence-electron chi connectivity index (χ3n) is 3.53. The molecule has 17 heavy (non-hydrogen) atoms. The minimum Gasteiger partial charge on any atom is -0.495 e. The van der Waals surface area contributed by atoms with Crippen molar-refractivity contribution in [2.45, 2.75) is 12.5 Å². The number of nitrogens with zero attached hydrogens (tertiary/aromatic N) is 1. The van der Waals surface area contributed by atoms with Crippen LogP contribution < -0.4 is 10.5 Å². The molecule has 3 nitrogen and oxygen atoms in total. The predicted molar refractivity (Wildman–Crippen MR) is 70.5 cm³/mol. The van der Waals surface area contributed by atoms with E-state index in [1.807, 2.05) is 12.1 Å². The highest BCUT2D eigenvalue weighted by atomic mass is 35.5. The second-order valence-electron chi connectivity index (χ2n) is 4.69. The Kier molecular flexibility index (Phi) is 3.92. The van der Waals surface area contributed by atoms with Gasteiger partial charge in [0, 0.05) is 12.6 Å². The monoisotopic (exact) mass is 254 g/mol. The normalized spacial score (nSPS) is 25.2. The molecule has 0 saturated carbocycles. The lowest BCUT2D eigenvalue weighted by molar-refractivity contribution is 0.313. The maximum atomic E-state index is 6.16. The van der Waals surface area contributed by atoms with E-state index in [1.165, 1.54) is 5.56 Å². The molecule has 1 aliphatic heterocycles. The Balaban J connectivity index is 2.20. The number of rotatable bonds is 3. The van der Waals surface area contributed by atoms with Crippen molar-refractivity contribution in [3.05, 3.63) is 28.8 Å². The first-order valence-corrected chi connectivity index (χ1v) is 6.27. The highest BCUT2D eigenvalue weighted by molar-refractivity contribution is 6.32. The van der Waals surface area contributed by atoms with Crippen molar-refractivity contribution >= 4 is 11.6 Å². The number of methoxy groups -OCH3 is 1. The van der Waals surface area contributed by atoms with Crippen molar-refractivity contribution in [3.63, 3.8) is 0 Å². The molecule has 2 unspecified atom stereocenters. The zero-order valence-corrected chi connectivity index (χ0v) is 11.1. The fourth-order valence-electron chi connectivity index (χ4n) is 2.56. The van der Waals surface area contributed by atoms with E-state index >= 15 is 0 Å². The molecule has 0 radical (unpaired) electrons. The van der Waals surface area contributed by atoms with Crippen LogP contribution in [0.3, 0.4) is 0 Å². The van der Waals surface area contributed by atoms with Gasteiger partial charge in [-0.05, 0) is 43.6 Å². The lowest BCUT2D eigenvalue weighted by Crippen LogP contribution is -2.20. The second kappa shape index (κ2) is 5.25. The standard InChI is InChI=1S/C13H19ClN2O/c1-16-8-9(7-15)5-12(16)10-3-4-13(17-2)11(14)6-10/h3-4,6,9,12H,5,7-8,15H2,1-2H3. The summed E-state index contributed by atoms with van der Waals surface area (Å²) in [6.07, 6.45) is 1.11. The molecule has 1 aromatic carbocycles. The zero-order valence-electron chi connectivity index (χ0n) is 10.3. The van der Waals surface area contributed by atoms with Gasteiger partial charge in [0.15, 0.2) is 0 Å². The summed E-state index contributed by atoms with van der Waals surface area (Å²) in [5, 5.41) is 0.676. The van der Waals surface area contributed by atoms with Crippen molar-refractivity contribution in [1.82, 2.24) is 4.90 Å². The van der Waals surface area contributed by atoms with Crippen molar-refractivity contribution in [2.24, 2.45) is 11.7 Å². The van der Waals surface area contributed by atoms with Crippen LogP contribution in [0.1, 0.15) is 18.0 Å². The van der Waals surface area contributed by atoms with Crippen molar-refractivity contribution in [3.8, 4) is 5.75 Å². The van der Waals surface area contributed by atoms with Gasteiger partial charge in [-0.15, -0.1) is 0 Å². The first kappa shape index (κ1) is 12.7. The van der Waals surface area contributed by atoms with E-state index in [9.17, 15) is 0 Å². The molecule has 0 amide bonds. The highest BCUT2D eigenvalue weighted by Crippen LogP contribution is 2.36. The summed E-state index contributed by atoms with van der Waals surface area (Å²) in [6, 6.07) is 6.44. The number of nitrogens with two attached hydrogens (primary N) is 1. The van der Waals surface area contributed by atoms with E-state index in [2.05, 4.69) is 18.0 Å². The first-order valence-electron chi connectivity index (χ1n) is 5.89. The van der Waals surface area contributed by atoms with Crippen LogP contribution in [0, 0.1) is 5.92 Å². The summed E-state index contributed by atoms with van der Waals surface area (Å²) in [6.45, 7) is 1.82. The fraction of sp³-hybridized carbons (Fsp3) is 0.538. The molecule has 0 spiro atoms. The average molecular weight is 255 g/mol. The van der Waals surface area contributed by atoms with E-state index < -0.39 is 0 Å². The van der Waals surface area contributed by atoms with Gasteiger partial charge in [-0.1, -0.05) is 17.7 Å². The van der Waals surface area contributed by atoms with Gasteiger partial charge in [0.2, 0.25) is 0 Å². The van der Waals surface area contributed by atoms with Crippen molar-refractivity contribution in [1.29, 1.82) is 0 Å². The first-order chi connectivity index (χ1) is 8.15. The highest BCUT2D eigenvalue weighted by Gasteiger charge is 2.29. The number of benzene rings is 1. The van der Waals surface area contributed by atoms with E-state index in [0.717, 1.165) is 25.3 Å². The quantitative estimate of drug-likeness (QED) is 0.900. The van der Waals surface area contributed by atoms with E-state index in [-0.39, 0.29) is 0 Å². The third kappa shape index (κ3) is 2.57. The molecule has 2 rings (SSSR count). The SMILES string of the molecule is COc1ccc(C2CC(CN)CN2C)cc1Cl. The molecule has 2 atom stereocenters. The Morgan fingerprint density at radius 1 is 1.53 bits per heavy atom. The number of ether oxygens (including phenoxy) is 1. The number of hydrogen-bond donors (Lipinski definition) is 1. The summed E-state index contributed by atoms with van der Waals surface area (Å²) < 4.78 is 5.17. The molecule has 94 valence electrons. The Morgan fingerprint density at radius 3 is 2.82 bits per heavy atom. The van der Waals surface area contributed by atoms with Gasteiger partial charge in [-0.25, -0.2) is 0 Å². The van der Waals surface area contributed by atoms with Gasteiger partial charge < -0.3 is 10.5 Å². The maximum Gasteiger partial charge on any atom is 0.137 e. The summed E-state index contributed by atoms with van der Waals surface area (Å²) >= 11 is 6.16. The fourth-order valence-corrected chi connectivity index (χ4v) is 2.82. The van der Waals surface area contributed by atoms with Gasteiger partial charge in [-0.2, -0.15) is 0 Å². The van der Waals surface area contributed by atoms with Crippen molar-refractivity contribution < 1.29 is 4.74 Å². The van der Waals surface area contributed by atoms with Crippen LogP contribution in [0.5, 0.6) is 5.75 Å². The smallest absolute Gasteiger partial charge is 0.137 e. The summed E-state index contributed by atoms with van der Waals surface area (Å²) in [7, 11) is 3.77. The topological polar surface area (TPSA) is 38.5 Å². The maximum absolute atomic E-state index is 6.16. The molecule has 1 saturated heterocycles. The van der Waals surface area contributed by atoms with Crippen LogP contribution in [0.4, 0.5) is 0 Å². The second-order valence-corrected chi connectivity index (χ2v) is 5.09. The molecular weight excluding hydrogens is 236 g/mol. The number of halogens is 1. The molecule has 4 heteroatoms. The average Bonchev–Trinajstić information content (AvgIpc) is 2.70. The Morgan fingerprint density at radius 2 is 2.29 bits per heavy atom. The Bertz CT molecular complexity index is 397. The molecule has 0 aliphatic carbocycles. The van der Waals surface area contributed by atoms with E-state index in [0.29, 0.717) is 17.0 Å². The zero-order chi connectivity index (χ0) is 12.4. The molecule has 1 heterocycles. The van der Waals surface area contributed by atoms with Crippen LogP contribution >= 0.6 is 11.6 Å². The van der Waals surface area contributed by atoms with Gasteiger partial charge in [-0.3, -0.25) is 4.90 Å². The molecule has 1 aliphatic rings. The van der Waals surface area contributed by atoms with Crippen LogP contribution in [-0.2, 0) is 0 Å². The van der Waals surface area contributed by atoms with Gasteiger partial charge in [0.25, 0.3) is 0 Å². The van der Waals surface area contributed by atoms with Crippen LogP contribution in [0.25, 0.3) is 0 Å². The summed E-state index contributed by atoms with van der Waals surface area (Å²) in [4.78, 5) is 2.34. The third-order valence-corrected chi connectivity index (χ3v) is 3.82. The van der Waals surface area contributed by atoms with Crippen LogP contribution in [0.2, 0.25) is 5.02 Å². The predicted octanol–water partition coefficient (Wildman–Crippen LogP) is 2.30.